The molecule has 28 heavy (non-hydrogen) atoms. The predicted molar refractivity (Wildman–Crippen MR) is 110 cm³/mol. The molecule has 0 aliphatic rings. The van der Waals surface area contributed by atoms with E-state index in [1.54, 1.807) is 29.9 Å². The van der Waals surface area contributed by atoms with E-state index in [1.807, 2.05) is 40.8 Å². The van der Waals surface area contributed by atoms with Crippen LogP contribution in [0.1, 0.15) is 50.2 Å². The number of rotatable bonds is 8. The predicted octanol–water partition coefficient (Wildman–Crippen LogP) is 2.52. The molecule has 2 amide bonds. The molecule has 0 unspecified atom stereocenters. The Balaban J connectivity index is 1.83. The molecule has 0 fully saturated rings. The molecule has 0 bridgehead atoms. The molecule has 2 aromatic heterocycles. The molecule has 2 aromatic rings. The highest BCUT2D eigenvalue weighted by atomic mass is 32.1. The Hall–Kier alpha value is -2.35. The number of hydrogen-bond donors (Lipinski definition) is 2. The van der Waals surface area contributed by atoms with Crippen LogP contribution in [0.25, 0.3) is 0 Å². The van der Waals surface area contributed by atoms with Crippen LogP contribution in [0.15, 0.2) is 24.8 Å². The van der Waals surface area contributed by atoms with Gasteiger partial charge < -0.3 is 10.6 Å². The van der Waals surface area contributed by atoms with E-state index in [2.05, 4.69) is 25.6 Å². The van der Waals surface area contributed by atoms with Gasteiger partial charge in [-0.25, -0.2) is 4.98 Å². The second-order valence-corrected chi connectivity index (χ2v) is 9.62. The van der Waals surface area contributed by atoms with Gasteiger partial charge in [0.15, 0.2) is 0 Å². The average molecular weight is 404 g/mol. The molecule has 0 aliphatic heterocycles. The molecule has 0 atom stereocenters. The molecule has 0 saturated carbocycles. The maximum absolute atomic E-state index is 12.6. The van der Waals surface area contributed by atoms with Gasteiger partial charge in [-0.1, -0.05) is 34.6 Å². The first-order valence-electron chi connectivity index (χ1n) is 9.33. The molecule has 0 aromatic carbocycles. The minimum absolute atomic E-state index is 0.0326. The summed E-state index contributed by atoms with van der Waals surface area (Å²) in [5, 5.41) is 6.81. The van der Waals surface area contributed by atoms with E-state index in [-0.39, 0.29) is 11.8 Å². The van der Waals surface area contributed by atoms with Crippen LogP contribution in [0.2, 0.25) is 0 Å². The van der Waals surface area contributed by atoms with Crippen molar-refractivity contribution in [3.05, 3.63) is 40.4 Å². The lowest BCUT2D eigenvalue weighted by atomic mass is 9.88. The highest BCUT2D eigenvalue weighted by Crippen LogP contribution is 2.26. The normalized spacial score (nSPS) is 11.9. The molecular formula is C20H29N5O2S. The second-order valence-electron chi connectivity index (χ2n) is 8.42. The lowest BCUT2D eigenvalue weighted by molar-refractivity contribution is -0.129. The maximum Gasteiger partial charge on any atom is 0.226 e. The SMILES string of the molecule is CC(C)(C)C(=O)NCCc1ncc(CC(C)(C)C(=O)NCc2cnccn2)s1. The average Bonchev–Trinajstić information content (AvgIpc) is 3.06. The molecule has 7 nitrogen and oxygen atoms in total. The lowest BCUT2D eigenvalue weighted by Gasteiger charge is -2.22. The van der Waals surface area contributed by atoms with Crippen LogP contribution in [0, 0.1) is 10.8 Å². The van der Waals surface area contributed by atoms with E-state index in [9.17, 15) is 9.59 Å². The topological polar surface area (TPSA) is 96.9 Å². The summed E-state index contributed by atoms with van der Waals surface area (Å²) in [6, 6.07) is 0. The van der Waals surface area contributed by atoms with Crippen molar-refractivity contribution in [2.45, 2.75) is 54.0 Å². The van der Waals surface area contributed by atoms with Crippen LogP contribution >= 0.6 is 11.3 Å². The molecule has 0 aliphatic carbocycles. The van der Waals surface area contributed by atoms with Gasteiger partial charge >= 0.3 is 0 Å². The molecule has 2 rings (SSSR count). The van der Waals surface area contributed by atoms with Gasteiger partial charge in [0.25, 0.3) is 0 Å². The Morgan fingerprint density at radius 2 is 1.75 bits per heavy atom. The van der Waals surface area contributed by atoms with Crippen molar-refractivity contribution in [1.82, 2.24) is 25.6 Å². The fourth-order valence-corrected chi connectivity index (χ4v) is 3.59. The summed E-state index contributed by atoms with van der Waals surface area (Å²) in [6.45, 7) is 10.4. The van der Waals surface area contributed by atoms with Gasteiger partial charge in [0.1, 0.15) is 0 Å². The van der Waals surface area contributed by atoms with E-state index in [0.717, 1.165) is 15.6 Å². The molecule has 0 spiro atoms. The van der Waals surface area contributed by atoms with Crippen LogP contribution in [0.4, 0.5) is 0 Å². The number of aromatic nitrogens is 3. The monoisotopic (exact) mass is 403 g/mol. The smallest absolute Gasteiger partial charge is 0.226 e. The zero-order valence-electron chi connectivity index (χ0n) is 17.2. The molecule has 2 heterocycles. The number of amides is 2. The first-order chi connectivity index (χ1) is 13.1. The zero-order chi connectivity index (χ0) is 20.8. The van der Waals surface area contributed by atoms with E-state index in [1.165, 1.54) is 0 Å². The number of thiazole rings is 1. The first kappa shape index (κ1) is 21.9. The summed E-state index contributed by atoms with van der Waals surface area (Å²) in [6.07, 6.45) is 7.96. The van der Waals surface area contributed by atoms with E-state index < -0.39 is 10.8 Å². The summed E-state index contributed by atoms with van der Waals surface area (Å²) < 4.78 is 0. The van der Waals surface area contributed by atoms with Gasteiger partial charge in [-0.3, -0.25) is 19.6 Å². The van der Waals surface area contributed by atoms with Crippen molar-refractivity contribution in [2.24, 2.45) is 10.8 Å². The number of nitrogens with zero attached hydrogens (tertiary/aromatic N) is 3. The van der Waals surface area contributed by atoms with Gasteiger partial charge in [0.2, 0.25) is 11.8 Å². The van der Waals surface area contributed by atoms with Crippen molar-refractivity contribution in [2.75, 3.05) is 6.54 Å². The third kappa shape index (κ3) is 6.67. The Kier molecular flexibility index (Phi) is 7.23. The van der Waals surface area contributed by atoms with Crippen LogP contribution in [-0.4, -0.2) is 33.3 Å². The Morgan fingerprint density at radius 3 is 2.39 bits per heavy atom. The number of nitrogens with one attached hydrogen (secondary N) is 2. The van der Waals surface area contributed by atoms with Crippen LogP contribution < -0.4 is 10.6 Å². The standard InChI is InChI=1S/C20H29N5O2S/c1-19(2,3)17(26)23-7-6-16-24-13-15(28-16)10-20(4,5)18(27)25-12-14-11-21-8-9-22-14/h8-9,11,13H,6-7,10,12H2,1-5H3,(H,23,26)(H,25,27). The Morgan fingerprint density at radius 1 is 1.00 bits per heavy atom. The van der Waals surface area contributed by atoms with Crippen molar-refractivity contribution in [3.63, 3.8) is 0 Å². The van der Waals surface area contributed by atoms with E-state index in [4.69, 9.17) is 0 Å². The quantitative estimate of drug-likeness (QED) is 0.706. The van der Waals surface area contributed by atoms with Crippen LogP contribution in [-0.2, 0) is 29.0 Å². The van der Waals surface area contributed by atoms with Gasteiger partial charge in [-0.15, -0.1) is 11.3 Å². The summed E-state index contributed by atoms with van der Waals surface area (Å²) in [4.78, 5) is 38.1. The minimum atomic E-state index is -0.563. The molecular weight excluding hydrogens is 374 g/mol. The second kappa shape index (κ2) is 9.23. The maximum atomic E-state index is 12.6. The van der Waals surface area contributed by atoms with Gasteiger partial charge in [-0.05, 0) is 6.42 Å². The molecule has 0 saturated heterocycles. The number of hydrogen-bond acceptors (Lipinski definition) is 6. The molecule has 8 heteroatoms. The fraction of sp³-hybridized carbons (Fsp3) is 0.550. The van der Waals surface area contributed by atoms with Crippen molar-refractivity contribution in [1.29, 1.82) is 0 Å². The van der Waals surface area contributed by atoms with Gasteiger partial charge in [-0.2, -0.15) is 0 Å². The fourth-order valence-electron chi connectivity index (χ4n) is 2.44. The summed E-state index contributed by atoms with van der Waals surface area (Å²) in [7, 11) is 0. The van der Waals surface area contributed by atoms with Crippen molar-refractivity contribution >= 4 is 23.2 Å². The zero-order valence-corrected chi connectivity index (χ0v) is 18.0. The van der Waals surface area contributed by atoms with Crippen LogP contribution in [0.5, 0.6) is 0 Å². The highest BCUT2D eigenvalue weighted by Gasteiger charge is 2.28. The Bertz CT molecular complexity index is 796. The first-order valence-corrected chi connectivity index (χ1v) is 10.1. The van der Waals surface area contributed by atoms with E-state index >= 15 is 0 Å². The summed E-state index contributed by atoms with van der Waals surface area (Å²) >= 11 is 1.59. The molecule has 0 radical (unpaired) electrons. The van der Waals surface area contributed by atoms with Crippen molar-refractivity contribution < 1.29 is 9.59 Å². The largest absolute Gasteiger partial charge is 0.355 e. The van der Waals surface area contributed by atoms with Gasteiger partial charge in [0, 0.05) is 47.3 Å². The van der Waals surface area contributed by atoms with E-state index in [0.29, 0.717) is 25.9 Å². The Labute approximate surface area is 170 Å². The third-order valence-corrected chi connectivity index (χ3v) is 5.24. The van der Waals surface area contributed by atoms with Crippen molar-refractivity contribution in [3.8, 4) is 0 Å². The van der Waals surface area contributed by atoms with Crippen LogP contribution in [0.3, 0.4) is 0 Å². The number of carbonyl (C=O) groups excluding carboxylic acids is 2. The van der Waals surface area contributed by atoms with Gasteiger partial charge in [0.05, 0.1) is 23.4 Å². The highest BCUT2D eigenvalue weighted by molar-refractivity contribution is 7.11. The third-order valence-electron chi connectivity index (χ3n) is 4.18. The minimum Gasteiger partial charge on any atom is -0.355 e. The molecule has 152 valence electrons. The molecule has 2 N–H and O–H groups in total. The summed E-state index contributed by atoms with van der Waals surface area (Å²) in [5.74, 6) is -0.00395. The number of carbonyl (C=O) groups is 2. The lowest BCUT2D eigenvalue weighted by Crippen LogP contribution is -2.38. The summed E-state index contributed by atoms with van der Waals surface area (Å²) in [5.41, 5.74) is -0.229.